The van der Waals surface area contributed by atoms with Crippen LogP contribution < -0.4 is 16.8 Å². The number of hydrogen-bond donors (Lipinski definition) is 4. The number of rotatable bonds is 4. The molecule has 5 N–H and O–H groups in total. The second-order valence-electron chi connectivity index (χ2n) is 3.77. The van der Waals surface area contributed by atoms with Crippen LogP contribution in [0.5, 0.6) is 0 Å². The third kappa shape index (κ3) is 3.49. The molecule has 96 valence electrons. The van der Waals surface area contributed by atoms with Gasteiger partial charge < -0.3 is 16.8 Å². The van der Waals surface area contributed by atoms with Crippen LogP contribution in [0.4, 0.5) is 10.5 Å². The fourth-order valence-electron chi connectivity index (χ4n) is 1.52. The van der Waals surface area contributed by atoms with Crippen LogP contribution in [0.15, 0.2) is 17.0 Å². The highest BCUT2D eigenvalue weighted by molar-refractivity contribution is 7.80. The van der Waals surface area contributed by atoms with E-state index in [0.29, 0.717) is 10.5 Å². The minimum atomic E-state index is -0.827. The molecule has 0 heterocycles. The predicted molar refractivity (Wildman–Crippen MR) is 69.8 cm³/mol. The number of hydrogen-bond acceptors (Lipinski definition) is 4. The second kappa shape index (κ2) is 5.54. The van der Waals surface area contributed by atoms with Crippen molar-refractivity contribution in [3.8, 4) is 0 Å². The Bertz CT molecular complexity index is 529. The Morgan fingerprint density at radius 3 is 2.33 bits per heavy atom. The van der Waals surface area contributed by atoms with Crippen LogP contribution >= 0.6 is 12.6 Å². The summed E-state index contributed by atoms with van der Waals surface area (Å²) in [6.45, 7) is 1.43. The molecule has 0 fully saturated rings. The molecule has 3 amide bonds. The highest BCUT2D eigenvalue weighted by atomic mass is 32.1. The lowest BCUT2D eigenvalue weighted by molar-refractivity contribution is -0.116. The van der Waals surface area contributed by atoms with Gasteiger partial charge in [0.2, 0.25) is 0 Å². The Labute approximate surface area is 109 Å². The number of nitrogens with two attached hydrogens (primary N) is 2. The zero-order valence-electron chi connectivity index (χ0n) is 9.69. The number of primary amides is 2. The molecule has 1 aromatic rings. The molecule has 0 aromatic heterocycles. The minimum Gasteiger partial charge on any atom is -0.366 e. The Hall–Kier alpha value is -2.02. The Morgan fingerprint density at radius 1 is 1.28 bits per heavy atom. The Kier molecular flexibility index (Phi) is 4.33. The maximum absolute atomic E-state index is 11.3. The average molecular weight is 267 g/mol. The SMILES string of the molecule is CC(=O)Cc1cc(S)c(NC(N)=O)c(C(N)=O)c1. The summed E-state index contributed by atoms with van der Waals surface area (Å²) in [4.78, 5) is 33.5. The van der Waals surface area contributed by atoms with Gasteiger partial charge in [-0.25, -0.2) is 4.79 Å². The van der Waals surface area contributed by atoms with E-state index in [4.69, 9.17) is 11.5 Å². The number of urea groups is 1. The molecule has 1 rings (SSSR count). The number of thiol groups is 1. The molecule has 0 saturated heterocycles. The van der Waals surface area contributed by atoms with Crippen LogP contribution in [0.1, 0.15) is 22.8 Å². The van der Waals surface area contributed by atoms with Crippen molar-refractivity contribution in [2.75, 3.05) is 5.32 Å². The second-order valence-corrected chi connectivity index (χ2v) is 4.25. The van der Waals surface area contributed by atoms with Crippen LogP contribution in [0.3, 0.4) is 0 Å². The summed E-state index contributed by atoms with van der Waals surface area (Å²) in [5.74, 6) is -0.798. The summed E-state index contributed by atoms with van der Waals surface area (Å²) < 4.78 is 0. The first-order valence-electron chi connectivity index (χ1n) is 5.03. The zero-order chi connectivity index (χ0) is 13.9. The molecule has 0 atom stereocenters. The molecular formula is C11H13N3O3S. The number of anilines is 1. The van der Waals surface area contributed by atoms with E-state index >= 15 is 0 Å². The van der Waals surface area contributed by atoms with Gasteiger partial charge in [-0.05, 0) is 24.6 Å². The zero-order valence-corrected chi connectivity index (χ0v) is 10.6. The van der Waals surface area contributed by atoms with Crippen LogP contribution in [-0.2, 0) is 11.2 Å². The largest absolute Gasteiger partial charge is 0.366 e. The van der Waals surface area contributed by atoms with Crippen LogP contribution in [-0.4, -0.2) is 17.7 Å². The molecule has 6 nitrogen and oxygen atoms in total. The third-order valence-electron chi connectivity index (χ3n) is 2.14. The summed E-state index contributed by atoms with van der Waals surface area (Å²) in [6.07, 6.45) is 0.157. The first kappa shape index (κ1) is 14.0. The molecule has 0 radical (unpaired) electrons. The maximum Gasteiger partial charge on any atom is 0.316 e. The van der Waals surface area contributed by atoms with Crippen molar-refractivity contribution in [1.82, 2.24) is 0 Å². The fourth-order valence-corrected chi connectivity index (χ4v) is 1.87. The minimum absolute atomic E-state index is 0.0613. The molecule has 0 saturated carbocycles. The molecule has 7 heteroatoms. The summed E-state index contributed by atoms with van der Waals surface area (Å²) in [6, 6.07) is 2.18. The summed E-state index contributed by atoms with van der Waals surface area (Å²) in [5, 5.41) is 2.28. The first-order chi connectivity index (χ1) is 8.31. The first-order valence-corrected chi connectivity index (χ1v) is 5.47. The van der Waals surface area contributed by atoms with Gasteiger partial charge in [-0.2, -0.15) is 0 Å². The van der Waals surface area contributed by atoms with Crippen molar-refractivity contribution in [2.24, 2.45) is 11.5 Å². The molecule has 0 bridgehead atoms. The van der Waals surface area contributed by atoms with Crippen molar-refractivity contribution < 1.29 is 14.4 Å². The van der Waals surface area contributed by atoms with Gasteiger partial charge >= 0.3 is 6.03 Å². The van der Waals surface area contributed by atoms with Gasteiger partial charge in [-0.1, -0.05) is 0 Å². The van der Waals surface area contributed by atoms with E-state index < -0.39 is 11.9 Å². The average Bonchev–Trinajstić information content (AvgIpc) is 2.19. The van der Waals surface area contributed by atoms with Gasteiger partial charge in [-0.15, -0.1) is 12.6 Å². The number of ketones is 1. The van der Waals surface area contributed by atoms with Gasteiger partial charge in [0.1, 0.15) is 5.78 Å². The fraction of sp³-hybridized carbons (Fsp3) is 0.182. The van der Waals surface area contributed by atoms with Crippen LogP contribution in [0.2, 0.25) is 0 Å². The predicted octanol–water partition coefficient (Wildman–Crippen LogP) is 0.696. The van der Waals surface area contributed by atoms with E-state index in [-0.39, 0.29) is 23.5 Å². The molecule has 0 aliphatic rings. The lowest BCUT2D eigenvalue weighted by Crippen LogP contribution is -2.23. The van der Waals surface area contributed by atoms with E-state index in [1.807, 2.05) is 0 Å². The Balaban J connectivity index is 3.30. The normalized spacial score (nSPS) is 9.89. The van der Waals surface area contributed by atoms with Crippen molar-refractivity contribution in [1.29, 1.82) is 0 Å². The lowest BCUT2D eigenvalue weighted by Gasteiger charge is -2.12. The monoisotopic (exact) mass is 267 g/mol. The smallest absolute Gasteiger partial charge is 0.316 e. The standard InChI is InChI=1S/C11H13N3O3S/c1-5(15)2-6-3-7(10(12)16)9(8(18)4-6)14-11(13)17/h3-4,18H,2H2,1H3,(H2,12,16)(H3,13,14,17). The van der Waals surface area contributed by atoms with Gasteiger partial charge in [0.05, 0.1) is 11.3 Å². The Morgan fingerprint density at radius 2 is 1.89 bits per heavy atom. The number of benzene rings is 1. The highest BCUT2D eigenvalue weighted by Crippen LogP contribution is 2.26. The van der Waals surface area contributed by atoms with Gasteiger partial charge in [0, 0.05) is 11.3 Å². The number of Topliss-reactive ketones (excluding diaryl/α,β-unsaturated/α-hetero) is 1. The topological polar surface area (TPSA) is 115 Å². The van der Waals surface area contributed by atoms with Crippen molar-refractivity contribution in [2.45, 2.75) is 18.2 Å². The summed E-state index contributed by atoms with van der Waals surface area (Å²) in [5.41, 5.74) is 11.0. The molecule has 0 spiro atoms. The molecular weight excluding hydrogens is 254 g/mol. The van der Waals surface area contributed by atoms with E-state index in [2.05, 4.69) is 17.9 Å². The molecule has 0 unspecified atom stereocenters. The third-order valence-corrected chi connectivity index (χ3v) is 2.50. The van der Waals surface area contributed by atoms with Crippen molar-refractivity contribution in [3.63, 3.8) is 0 Å². The number of amides is 3. The van der Waals surface area contributed by atoms with E-state index in [1.165, 1.54) is 13.0 Å². The van der Waals surface area contributed by atoms with E-state index in [1.54, 1.807) is 6.07 Å². The summed E-state index contributed by atoms with van der Waals surface area (Å²) in [7, 11) is 0. The van der Waals surface area contributed by atoms with Crippen molar-refractivity contribution in [3.05, 3.63) is 23.3 Å². The lowest BCUT2D eigenvalue weighted by atomic mass is 10.0. The molecule has 1 aromatic carbocycles. The van der Waals surface area contributed by atoms with Gasteiger partial charge in [0.25, 0.3) is 5.91 Å². The molecule has 0 aliphatic carbocycles. The van der Waals surface area contributed by atoms with Gasteiger partial charge in [-0.3, -0.25) is 9.59 Å². The van der Waals surface area contributed by atoms with Gasteiger partial charge in [0.15, 0.2) is 0 Å². The van der Waals surface area contributed by atoms with Crippen LogP contribution in [0.25, 0.3) is 0 Å². The van der Waals surface area contributed by atoms with Crippen molar-refractivity contribution >= 4 is 36.0 Å². The number of carbonyl (C=O) groups is 3. The quantitative estimate of drug-likeness (QED) is 0.602. The number of carbonyl (C=O) groups excluding carboxylic acids is 3. The maximum atomic E-state index is 11.3. The molecule has 0 aliphatic heterocycles. The van der Waals surface area contributed by atoms with E-state index in [0.717, 1.165) is 0 Å². The number of nitrogens with one attached hydrogen (secondary N) is 1. The molecule has 18 heavy (non-hydrogen) atoms. The summed E-state index contributed by atoms with van der Waals surface area (Å²) >= 11 is 4.14. The highest BCUT2D eigenvalue weighted by Gasteiger charge is 2.15. The van der Waals surface area contributed by atoms with Crippen LogP contribution in [0, 0.1) is 0 Å². The van der Waals surface area contributed by atoms with E-state index in [9.17, 15) is 14.4 Å².